The number of hydrogen-bond acceptors (Lipinski definition) is 8. The Kier molecular flexibility index (Phi) is 6.27. The molecular formula is C25H28N6O4. The molecule has 3 aromatic heterocycles. The first-order valence-electron chi connectivity index (χ1n) is 11.2. The van der Waals surface area contributed by atoms with Crippen LogP contribution in [0.1, 0.15) is 48.4 Å². The molecule has 182 valence electrons. The van der Waals surface area contributed by atoms with Crippen molar-refractivity contribution >= 4 is 34.1 Å². The van der Waals surface area contributed by atoms with Crippen molar-refractivity contribution in [1.82, 2.24) is 24.9 Å². The SMILES string of the molecule is CC(=O)c1c(C(C)NC(=O)C(C)(CO)CO)nc2c(-c3cnc4ccc(C)cc4c3)cnn2c1N. The van der Waals surface area contributed by atoms with Gasteiger partial charge in [-0.1, -0.05) is 11.6 Å². The Morgan fingerprint density at radius 3 is 2.57 bits per heavy atom. The van der Waals surface area contributed by atoms with Crippen molar-refractivity contribution < 1.29 is 19.8 Å². The molecule has 0 radical (unpaired) electrons. The summed E-state index contributed by atoms with van der Waals surface area (Å²) in [5.74, 6) is -0.811. The molecule has 4 rings (SSSR count). The van der Waals surface area contributed by atoms with Crippen LogP contribution in [0, 0.1) is 12.3 Å². The second-order valence-corrected chi connectivity index (χ2v) is 9.10. The number of anilines is 1. The van der Waals surface area contributed by atoms with E-state index in [1.165, 1.54) is 18.4 Å². The number of nitrogens with zero attached hydrogens (tertiary/aromatic N) is 4. The quantitative estimate of drug-likeness (QED) is 0.296. The Morgan fingerprint density at radius 2 is 1.91 bits per heavy atom. The molecule has 1 aromatic carbocycles. The molecule has 4 aromatic rings. The minimum Gasteiger partial charge on any atom is -0.395 e. The van der Waals surface area contributed by atoms with Crippen molar-refractivity contribution in [3.63, 3.8) is 0 Å². The van der Waals surface area contributed by atoms with Crippen LogP contribution in [0.15, 0.2) is 36.7 Å². The molecule has 0 fully saturated rings. The second-order valence-electron chi connectivity index (χ2n) is 9.10. The van der Waals surface area contributed by atoms with E-state index in [1.807, 2.05) is 31.2 Å². The van der Waals surface area contributed by atoms with E-state index >= 15 is 0 Å². The molecule has 0 aliphatic rings. The first-order chi connectivity index (χ1) is 16.6. The molecule has 0 saturated heterocycles. The normalized spacial score (nSPS) is 12.7. The lowest BCUT2D eigenvalue weighted by atomic mass is 9.91. The number of carbonyl (C=O) groups is 2. The molecule has 10 nitrogen and oxygen atoms in total. The van der Waals surface area contributed by atoms with E-state index in [0.717, 1.165) is 22.0 Å². The van der Waals surface area contributed by atoms with Gasteiger partial charge in [-0.25, -0.2) is 4.98 Å². The number of fused-ring (bicyclic) bond motifs is 2. The summed E-state index contributed by atoms with van der Waals surface area (Å²) in [5, 5.41) is 27.2. The molecular weight excluding hydrogens is 448 g/mol. The summed E-state index contributed by atoms with van der Waals surface area (Å²) in [7, 11) is 0. The van der Waals surface area contributed by atoms with Gasteiger partial charge in [0.05, 0.1) is 47.6 Å². The number of hydrogen-bond donors (Lipinski definition) is 4. The maximum absolute atomic E-state index is 12.7. The topological polar surface area (TPSA) is 156 Å². The standard InChI is InChI=1S/C25H28N6O4/c1-13-5-6-19-16(7-13)8-17(9-27-19)18-10-28-31-22(26)20(15(3)34)21(30-23(18)31)14(2)29-24(35)25(4,11-32)12-33/h5-10,14,32-33H,11-12,26H2,1-4H3,(H,29,35). The van der Waals surface area contributed by atoms with Gasteiger partial charge in [-0.05, 0) is 45.9 Å². The predicted octanol–water partition coefficient (Wildman–Crippen LogP) is 2.21. The molecule has 1 amide bonds. The lowest BCUT2D eigenvalue weighted by Crippen LogP contribution is -2.45. The number of benzene rings is 1. The number of aliphatic hydroxyl groups is 2. The molecule has 0 bridgehead atoms. The highest BCUT2D eigenvalue weighted by Crippen LogP contribution is 2.31. The minimum absolute atomic E-state index is 0.0986. The third-order valence-corrected chi connectivity index (χ3v) is 6.21. The van der Waals surface area contributed by atoms with Crippen LogP contribution in [0.25, 0.3) is 27.7 Å². The lowest BCUT2D eigenvalue weighted by Gasteiger charge is -2.26. The maximum atomic E-state index is 12.7. The van der Waals surface area contributed by atoms with Crippen LogP contribution >= 0.6 is 0 Å². The highest BCUT2D eigenvalue weighted by molar-refractivity contribution is 6.00. The zero-order valence-corrected chi connectivity index (χ0v) is 20.0. The first-order valence-corrected chi connectivity index (χ1v) is 11.2. The van der Waals surface area contributed by atoms with Crippen LogP contribution < -0.4 is 11.1 Å². The van der Waals surface area contributed by atoms with Crippen molar-refractivity contribution in [1.29, 1.82) is 0 Å². The molecule has 5 N–H and O–H groups in total. The van der Waals surface area contributed by atoms with Crippen LogP contribution in [0.2, 0.25) is 0 Å². The van der Waals surface area contributed by atoms with Gasteiger partial charge in [0.15, 0.2) is 11.4 Å². The fourth-order valence-corrected chi connectivity index (χ4v) is 3.94. The smallest absolute Gasteiger partial charge is 0.231 e. The third-order valence-electron chi connectivity index (χ3n) is 6.21. The number of pyridine rings is 1. The average molecular weight is 477 g/mol. The van der Waals surface area contributed by atoms with Crippen molar-refractivity contribution in [2.75, 3.05) is 18.9 Å². The Morgan fingerprint density at radius 1 is 1.20 bits per heavy atom. The Bertz CT molecular complexity index is 1460. The summed E-state index contributed by atoms with van der Waals surface area (Å²) in [4.78, 5) is 34.5. The van der Waals surface area contributed by atoms with E-state index in [9.17, 15) is 19.8 Å². The van der Waals surface area contributed by atoms with E-state index in [-0.39, 0.29) is 22.9 Å². The van der Waals surface area contributed by atoms with Crippen LogP contribution in [0.4, 0.5) is 5.82 Å². The van der Waals surface area contributed by atoms with Crippen molar-refractivity contribution in [3.05, 3.63) is 53.5 Å². The largest absolute Gasteiger partial charge is 0.395 e. The molecule has 35 heavy (non-hydrogen) atoms. The van der Waals surface area contributed by atoms with E-state index in [0.29, 0.717) is 11.2 Å². The zero-order valence-electron chi connectivity index (χ0n) is 20.0. The number of nitrogen functional groups attached to an aromatic ring is 1. The molecule has 1 atom stereocenters. The van der Waals surface area contributed by atoms with Crippen molar-refractivity contribution in [2.24, 2.45) is 5.41 Å². The van der Waals surface area contributed by atoms with Crippen LogP contribution in [-0.4, -0.2) is 54.7 Å². The molecule has 3 heterocycles. The fourth-order valence-electron chi connectivity index (χ4n) is 3.94. The van der Waals surface area contributed by atoms with Gasteiger partial charge in [0.25, 0.3) is 0 Å². The van der Waals surface area contributed by atoms with Crippen LogP contribution in [0.3, 0.4) is 0 Å². The number of amides is 1. The highest BCUT2D eigenvalue weighted by atomic mass is 16.3. The summed E-state index contributed by atoms with van der Waals surface area (Å²) in [6, 6.07) is 7.23. The predicted molar refractivity (Wildman–Crippen MR) is 132 cm³/mol. The van der Waals surface area contributed by atoms with Gasteiger partial charge in [0.2, 0.25) is 5.91 Å². The summed E-state index contributed by atoms with van der Waals surface area (Å²) in [6.45, 7) is 5.38. The van der Waals surface area contributed by atoms with Gasteiger partial charge >= 0.3 is 0 Å². The van der Waals surface area contributed by atoms with Gasteiger partial charge < -0.3 is 21.3 Å². The molecule has 0 spiro atoms. The minimum atomic E-state index is -1.39. The van der Waals surface area contributed by atoms with Gasteiger partial charge in [-0.15, -0.1) is 0 Å². The zero-order chi connectivity index (χ0) is 25.5. The molecule has 10 heteroatoms. The van der Waals surface area contributed by atoms with Crippen LogP contribution in [-0.2, 0) is 4.79 Å². The van der Waals surface area contributed by atoms with Gasteiger partial charge in [-0.2, -0.15) is 9.61 Å². The van der Waals surface area contributed by atoms with Crippen LogP contribution in [0.5, 0.6) is 0 Å². The number of carbonyl (C=O) groups excluding carboxylic acids is 2. The number of nitrogens with two attached hydrogens (primary N) is 1. The Hall–Kier alpha value is -3.89. The average Bonchev–Trinajstić information content (AvgIpc) is 3.27. The van der Waals surface area contributed by atoms with E-state index in [2.05, 4.69) is 15.4 Å². The monoisotopic (exact) mass is 476 g/mol. The molecule has 0 aliphatic heterocycles. The van der Waals surface area contributed by atoms with Gasteiger partial charge in [0, 0.05) is 22.7 Å². The Labute approximate surface area is 201 Å². The Balaban J connectivity index is 1.86. The molecule has 0 aliphatic carbocycles. The number of rotatable bonds is 7. The van der Waals surface area contributed by atoms with E-state index in [4.69, 9.17) is 10.7 Å². The van der Waals surface area contributed by atoms with Gasteiger partial charge in [0.1, 0.15) is 5.82 Å². The number of aryl methyl sites for hydroxylation is 1. The summed E-state index contributed by atoms with van der Waals surface area (Å²) in [6.07, 6.45) is 3.34. The molecule has 0 saturated carbocycles. The number of nitrogens with one attached hydrogen (secondary N) is 1. The number of aliphatic hydroxyl groups excluding tert-OH is 2. The lowest BCUT2D eigenvalue weighted by molar-refractivity contribution is -0.135. The number of aromatic nitrogens is 4. The second kappa shape index (κ2) is 9.05. The first kappa shape index (κ1) is 24.2. The van der Waals surface area contributed by atoms with E-state index < -0.39 is 30.6 Å². The third kappa shape index (κ3) is 4.22. The number of ketones is 1. The maximum Gasteiger partial charge on any atom is 0.231 e. The summed E-state index contributed by atoms with van der Waals surface area (Å²) < 4.78 is 1.40. The van der Waals surface area contributed by atoms with Gasteiger partial charge in [-0.3, -0.25) is 14.6 Å². The fraction of sp³-hybridized carbons (Fsp3) is 0.320. The summed E-state index contributed by atoms with van der Waals surface area (Å²) in [5.41, 5.74) is 9.18. The van der Waals surface area contributed by atoms with Crippen molar-refractivity contribution in [2.45, 2.75) is 33.7 Å². The summed E-state index contributed by atoms with van der Waals surface area (Å²) >= 11 is 0. The number of Topliss-reactive ketones (excluding diaryl/α,β-unsaturated/α-hetero) is 1. The molecule has 1 unspecified atom stereocenters. The van der Waals surface area contributed by atoms with E-state index in [1.54, 1.807) is 19.3 Å². The highest BCUT2D eigenvalue weighted by Gasteiger charge is 2.34. The van der Waals surface area contributed by atoms with Crippen molar-refractivity contribution in [3.8, 4) is 11.1 Å².